The van der Waals surface area contributed by atoms with Crippen molar-refractivity contribution in [3.63, 3.8) is 0 Å². The van der Waals surface area contributed by atoms with E-state index in [1.54, 1.807) is 62.9 Å². The number of carbonyl (C=O) groups excluding carboxylic acids is 1. The zero-order valence-corrected chi connectivity index (χ0v) is 19.3. The van der Waals surface area contributed by atoms with E-state index in [1.165, 1.54) is 0 Å². The quantitative estimate of drug-likeness (QED) is 0.256. The SMILES string of the molecule is COCCCNC(=O)Nc1ccc(Oc2ccnc3cc(OCCOC)c(OCN)cc23)cc1. The van der Waals surface area contributed by atoms with Crippen LogP contribution in [0.15, 0.2) is 48.7 Å². The monoisotopic (exact) mass is 470 g/mol. The number of hydrogen-bond acceptors (Lipinski definition) is 8. The maximum absolute atomic E-state index is 12.0. The molecular formula is C24H30N4O6. The number of anilines is 1. The molecule has 10 nitrogen and oxygen atoms in total. The average molecular weight is 471 g/mol. The van der Waals surface area contributed by atoms with Gasteiger partial charge in [-0.15, -0.1) is 0 Å². The Morgan fingerprint density at radius 1 is 0.941 bits per heavy atom. The Hall–Kier alpha value is -3.60. The van der Waals surface area contributed by atoms with Gasteiger partial charge in [-0.25, -0.2) is 4.79 Å². The highest BCUT2D eigenvalue weighted by atomic mass is 16.5. The zero-order chi connectivity index (χ0) is 24.2. The van der Waals surface area contributed by atoms with Gasteiger partial charge in [0.05, 0.1) is 12.1 Å². The standard InChI is InChI=1S/C24H30N4O6/c1-30-11-3-9-27-24(29)28-17-4-6-18(7-5-17)34-21-8-10-26-20-15-23(32-13-12-31-2)22(33-16-25)14-19(20)21/h4-8,10,14-15H,3,9,11-13,16,25H2,1-2H3,(H2,27,28,29). The molecule has 0 aliphatic carbocycles. The van der Waals surface area contributed by atoms with E-state index < -0.39 is 0 Å². The van der Waals surface area contributed by atoms with Crippen LogP contribution in [-0.2, 0) is 9.47 Å². The second kappa shape index (κ2) is 13.2. The Morgan fingerprint density at radius 2 is 1.71 bits per heavy atom. The van der Waals surface area contributed by atoms with Gasteiger partial charge in [0, 0.05) is 50.7 Å². The first-order valence-electron chi connectivity index (χ1n) is 10.8. The van der Waals surface area contributed by atoms with Crippen LogP contribution in [0.4, 0.5) is 10.5 Å². The second-order valence-corrected chi connectivity index (χ2v) is 7.13. The van der Waals surface area contributed by atoms with E-state index in [0.717, 1.165) is 11.8 Å². The van der Waals surface area contributed by atoms with Gasteiger partial charge < -0.3 is 34.3 Å². The van der Waals surface area contributed by atoms with E-state index in [4.69, 9.17) is 29.4 Å². The number of nitrogens with one attached hydrogen (secondary N) is 2. The maximum Gasteiger partial charge on any atom is 0.319 e. The lowest BCUT2D eigenvalue weighted by atomic mass is 10.1. The van der Waals surface area contributed by atoms with Crippen LogP contribution in [0.2, 0.25) is 0 Å². The third kappa shape index (κ3) is 7.20. The van der Waals surface area contributed by atoms with Gasteiger partial charge in [-0.1, -0.05) is 0 Å². The molecule has 3 aromatic rings. The van der Waals surface area contributed by atoms with Crippen molar-refractivity contribution in [2.24, 2.45) is 5.73 Å². The number of nitrogens with two attached hydrogens (primary N) is 1. The normalized spacial score (nSPS) is 10.7. The van der Waals surface area contributed by atoms with Crippen LogP contribution in [0.5, 0.6) is 23.0 Å². The Labute approximate surface area is 198 Å². The van der Waals surface area contributed by atoms with Crippen LogP contribution in [0.1, 0.15) is 6.42 Å². The van der Waals surface area contributed by atoms with Crippen LogP contribution in [-0.4, -0.2) is 58.3 Å². The summed E-state index contributed by atoms with van der Waals surface area (Å²) in [7, 11) is 3.23. The third-order valence-electron chi connectivity index (χ3n) is 4.70. The number of rotatable bonds is 13. The number of methoxy groups -OCH3 is 2. The number of nitrogens with zero attached hydrogens (tertiary/aromatic N) is 1. The zero-order valence-electron chi connectivity index (χ0n) is 19.3. The van der Waals surface area contributed by atoms with Gasteiger partial charge in [-0.3, -0.25) is 10.7 Å². The molecule has 0 saturated heterocycles. The topological polar surface area (TPSA) is 126 Å². The van der Waals surface area contributed by atoms with Crippen LogP contribution in [0.25, 0.3) is 10.9 Å². The number of aromatic nitrogens is 1. The Bertz CT molecular complexity index is 1060. The fraction of sp³-hybridized carbons (Fsp3) is 0.333. The van der Waals surface area contributed by atoms with E-state index in [9.17, 15) is 4.79 Å². The number of ether oxygens (including phenoxy) is 5. The molecular weight excluding hydrogens is 440 g/mol. The summed E-state index contributed by atoms with van der Waals surface area (Å²) in [4.78, 5) is 16.4. The molecule has 0 spiro atoms. The number of pyridine rings is 1. The molecule has 0 radical (unpaired) electrons. The Kier molecular flexibility index (Phi) is 9.71. The predicted molar refractivity (Wildman–Crippen MR) is 129 cm³/mol. The molecule has 0 atom stereocenters. The van der Waals surface area contributed by atoms with Crippen molar-refractivity contribution in [3.8, 4) is 23.0 Å². The molecule has 0 aliphatic rings. The fourth-order valence-electron chi connectivity index (χ4n) is 3.09. The van der Waals surface area contributed by atoms with Gasteiger partial charge in [0.15, 0.2) is 11.5 Å². The number of carbonyl (C=O) groups is 1. The number of urea groups is 1. The summed E-state index contributed by atoms with van der Waals surface area (Å²) >= 11 is 0. The summed E-state index contributed by atoms with van der Waals surface area (Å²) in [6, 6.07) is 12.1. The van der Waals surface area contributed by atoms with E-state index in [1.807, 2.05) is 0 Å². The summed E-state index contributed by atoms with van der Waals surface area (Å²) in [6.07, 6.45) is 2.40. The highest BCUT2D eigenvalue weighted by Gasteiger charge is 2.13. The van der Waals surface area contributed by atoms with E-state index in [-0.39, 0.29) is 12.8 Å². The Balaban J connectivity index is 1.71. The number of fused-ring (bicyclic) bond motifs is 1. The highest BCUT2D eigenvalue weighted by Crippen LogP contribution is 2.37. The molecule has 0 saturated carbocycles. The van der Waals surface area contributed by atoms with Crippen molar-refractivity contribution in [1.82, 2.24) is 10.3 Å². The van der Waals surface area contributed by atoms with Gasteiger partial charge in [0.25, 0.3) is 0 Å². The van der Waals surface area contributed by atoms with Gasteiger partial charge in [0.1, 0.15) is 24.8 Å². The summed E-state index contributed by atoms with van der Waals surface area (Å²) in [6.45, 7) is 1.93. The first kappa shape index (κ1) is 25.0. The molecule has 0 unspecified atom stereocenters. The summed E-state index contributed by atoms with van der Waals surface area (Å²) in [5.41, 5.74) is 6.91. The molecule has 1 heterocycles. The minimum Gasteiger partial charge on any atom is -0.487 e. The molecule has 1 aromatic heterocycles. The van der Waals surface area contributed by atoms with Crippen molar-refractivity contribution in [3.05, 3.63) is 48.7 Å². The van der Waals surface area contributed by atoms with E-state index in [0.29, 0.717) is 60.6 Å². The number of amides is 2. The maximum atomic E-state index is 12.0. The van der Waals surface area contributed by atoms with Crippen molar-refractivity contribution >= 4 is 22.6 Å². The minimum absolute atomic E-state index is 0.00296. The molecule has 2 amide bonds. The van der Waals surface area contributed by atoms with Crippen LogP contribution < -0.4 is 30.6 Å². The van der Waals surface area contributed by atoms with Crippen molar-refractivity contribution in [1.29, 1.82) is 0 Å². The molecule has 0 fully saturated rings. The molecule has 182 valence electrons. The van der Waals surface area contributed by atoms with Crippen LogP contribution >= 0.6 is 0 Å². The van der Waals surface area contributed by atoms with Gasteiger partial charge in [-0.2, -0.15) is 0 Å². The fourth-order valence-corrected chi connectivity index (χ4v) is 3.09. The van der Waals surface area contributed by atoms with E-state index in [2.05, 4.69) is 15.6 Å². The molecule has 4 N–H and O–H groups in total. The molecule has 34 heavy (non-hydrogen) atoms. The predicted octanol–water partition coefficient (Wildman–Crippen LogP) is 3.51. The second-order valence-electron chi connectivity index (χ2n) is 7.13. The summed E-state index contributed by atoms with van der Waals surface area (Å²) in [5.74, 6) is 2.20. The first-order valence-corrected chi connectivity index (χ1v) is 10.8. The average Bonchev–Trinajstić information content (AvgIpc) is 2.84. The molecule has 10 heteroatoms. The van der Waals surface area contributed by atoms with Gasteiger partial charge in [0.2, 0.25) is 0 Å². The molecule has 3 rings (SSSR count). The van der Waals surface area contributed by atoms with Crippen LogP contribution in [0, 0.1) is 0 Å². The van der Waals surface area contributed by atoms with Crippen molar-refractivity contribution < 1.29 is 28.5 Å². The highest BCUT2D eigenvalue weighted by molar-refractivity contribution is 5.89. The van der Waals surface area contributed by atoms with Gasteiger partial charge in [-0.05, 0) is 42.8 Å². The summed E-state index contributed by atoms with van der Waals surface area (Å²) < 4.78 is 27.4. The van der Waals surface area contributed by atoms with Gasteiger partial charge >= 0.3 is 6.03 Å². The molecule has 0 bridgehead atoms. The number of benzene rings is 2. The Morgan fingerprint density at radius 3 is 2.44 bits per heavy atom. The molecule has 0 aliphatic heterocycles. The van der Waals surface area contributed by atoms with E-state index >= 15 is 0 Å². The van der Waals surface area contributed by atoms with Crippen molar-refractivity contribution in [2.75, 3.05) is 52.6 Å². The van der Waals surface area contributed by atoms with Crippen LogP contribution in [0.3, 0.4) is 0 Å². The summed E-state index contributed by atoms with van der Waals surface area (Å²) in [5, 5.41) is 6.29. The lowest BCUT2D eigenvalue weighted by molar-refractivity contribution is 0.143. The number of hydrogen-bond donors (Lipinski definition) is 3. The minimum atomic E-state index is -0.277. The lowest BCUT2D eigenvalue weighted by Crippen LogP contribution is -2.29. The third-order valence-corrected chi connectivity index (χ3v) is 4.70. The molecule has 2 aromatic carbocycles. The lowest BCUT2D eigenvalue weighted by Gasteiger charge is -2.15. The largest absolute Gasteiger partial charge is 0.487 e. The first-order chi connectivity index (χ1) is 16.6. The smallest absolute Gasteiger partial charge is 0.319 e. The van der Waals surface area contributed by atoms with Crippen molar-refractivity contribution in [2.45, 2.75) is 6.42 Å².